The lowest BCUT2D eigenvalue weighted by molar-refractivity contribution is -0.121. The van der Waals surface area contributed by atoms with Crippen LogP contribution in [-0.2, 0) is 4.79 Å². The van der Waals surface area contributed by atoms with Gasteiger partial charge in [-0.15, -0.1) is 0 Å². The smallest absolute Gasteiger partial charge is 0.281 e. The summed E-state index contributed by atoms with van der Waals surface area (Å²) in [6, 6.07) is 0. The SMILES string of the molecule is O=C(CCN1CCSC1=O)NCC1CCCC1CO. The summed E-state index contributed by atoms with van der Waals surface area (Å²) in [5.41, 5.74) is 0. The minimum Gasteiger partial charge on any atom is -0.396 e. The molecule has 2 rings (SSSR count). The van der Waals surface area contributed by atoms with Crippen LogP contribution >= 0.6 is 11.8 Å². The largest absolute Gasteiger partial charge is 0.396 e. The first-order chi connectivity index (χ1) is 9.20. The van der Waals surface area contributed by atoms with Gasteiger partial charge in [0.2, 0.25) is 5.91 Å². The molecule has 2 fully saturated rings. The molecule has 2 atom stereocenters. The monoisotopic (exact) mass is 286 g/mol. The molecule has 6 heteroatoms. The Morgan fingerprint density at radius 1 is 1.42 bits per heavy atom. The summed E-state index contributed by atoms with van der Waals surface area (Å²) in [6.07, 6.45) is 3.68. The quantitative estimate of drug-likeness (QED) is 0.766. The van der Waals surface area contributed by atoms with Gasteiger partial charge in [0.1, 0.15) is 0 Å². The molecule has 0 aromatic rings. The lowest BCUT2D eigenvalue weighted by Gasteiger charge is -2.18. The first kappa shape index (κ1) is 14.7. The zero-order valence-corrected chi connectivity index (χ0v) is 12.0. The Labute approximate surface area is 118 Å². The summed E-state index contributed by atoms with van der Waals surface area (Å²) in [4.78, 5) is 24.8. The van der Waals surface area contributed by atoms with Crippen LogP contribution in [0.5, 0.6) is 0 Å². The van der Waals surface area contributed by atoms with Gasteiger partial charge in [0.05, 0.1) is 0 Å². The molecule has 5 nitrogen and oxygen atoms in total. The minimum atomic E-state index is 0.00768. The van der Waals surface area contributed by atoms with Gasteiger partial charge in [0, 0.05) is 38.4 Å². The highest BCUT2D eigenvalue weighted by Crippen LogP contribution is 2.30. The van der Waals surface area contributed by atoms with E-state index in [-0.39, 0.29) is 17.8 Å². The van der Waals surface area contributed by atoms with Crippen LogP contribution in [0.3, 0.4) is 0 Å². The Bertz CT molecular complexity index is 338. The Morgan fingerprint density at radius 2 is 2.21 bits per heavy atom. The maximum atomic E-state index is 11.7. The van der Waals surface area contributed by atoms with Gasteiger partial charge in [-0.3, -0.25) is 9.59 Å². The lowest BCUT2D eigenvalue weighted by Crippen LogP contribution is -2.34. The van der Waals surface area contributed by atoms with Crippen molar-refractivity contribution in [2.45, 2.75) is 25.7 Å². The number of hydrogen-bond donors (Lipinski definition) is 2. The van der Waals surface area contributed by atoms with Crippen LogP contribution in [-0.4, -0.2) is 53.1 Å². The number of carbonyl (C=O) groups excluding carboxylic acids is 2. The van der Waals surface area contributed by atoms with Crippen LogP contribution < -0.4 is 5.32 Å². The van der Waals surface area contributed by atoms with Crippen molar-refractivity contribution in [3.8, 4) is 0 Å². The Hall–Kier alpha value is -0.750. The molecule has 2 unspecified atom stereocenters. The Balaban J connectivity index is 1.63. The molecule has 0 aromatic heterocycles. The molecular formula is C13H22N2O3S. The minimum absolute atomic E-state index is 0.00768. The van der Waals surface area contributed by atoms with E-state index in [1.807, 2.05) is 0 Å². The summed E-state index contributed by atoms with van der Waals surface area (Å²) >= 11 is 1.32. The first-order valence-corrected chi connectivity index (χ1v) is 7.98. The molecule has 2 aliphatic rings. The standard InChI is InChI=1S/C13H22N2O3S/c16-9-11-3-1-2-10(11)8-14-12(17)4-5-15-6-7-19-13(15)18/h10-11,16H,1-9H2,(H,14,17). The number of nitrogens with one attached hydrogen (secondary N) is 1. The summed E-state index contributed by atoms with van der Waals surface area (Å²) in [5, 5.41) is 12.2. The fourth-order valence-corrected chi connectivity index (χ4v) is 3.67. The number of amides is 2. The van der Waals surface area contributed by atoms with Crippen LogP contribution in [0.25, 0.3) is 0 Å². The van der Waals surface area contributed by atoms with E-state index in [0.29, 0.717) is 31.3 Å². The second-order valence-corrected chi connectivity index (χ2v) is 6.34. The van der Waals surface area contributed by atoms with Crippen LogP contribution in [0.1, 0.15) is 25.7 Å². The van der Waals surface area contributed by atoms with Gasteiger partial charge < -0.3 is 15.3 Å². The number of carbonyl (C=O) groups is 2. The van der Waals surface area contributed by atoms with Crippen LogP contribution in [0, 0.1) is 11.8 Å². The van der Waals surface area contributed by atoms with Crippen molar-refractivity contribution < 1.29 is 14.7 Å². The molecular weight excluding hydrogens is 264 g/mol. The zero-order valence-electron chi connectivity index (χ0n) is 11.1. The molecule has 1 saturated carbocycles. The van der Waals surface area contributed by atoms with Crippen LogP contribution in [0.4, 0.5) is 4.79 Å². The van der Waals surface area contributed by atoms with Crippen molar-refractivity contribution in [1.82, 2.24) is 10.2 Å². The highest BCUT2D eigenvalue weighted by molar-refractivity contribution is 8.13. The third kappa shape index (κ3) is 4.11. The van der Waals surface area contributed by atoms with E-state index in [9.17, 15) is 14.7 Å². The molecule has 1 aliphatic heterocycles. The number of rotatable bonds is 6. The Morgan fingerprint density at radius 3 is 2.89 bits per heavy atom. The maximum Gasteiger partial charge on any atom is 0.281 e. The third-order valence-corrected chi connectivity index (χ3v) is 4.96. The number of aliphatic hydroxyl groups is 1. The fourth-order valence-electron chi connectivity index (χ4n) is 2.82. The maximum absolute atomic E-state index is 11.7. The molecule has 1 saturated heterocycles. The van der Waals surface area contributed by atoms with Crippen LogP contribution in [0.2, 0.25) is 0 Å². The topological polar surface area (TPSA) is 69.6 Å². The van der Waals surface area contributed by atoms with E-state index < -0.39 is 0 Å². The van der Waals surface area contributed by atoms with Crippen molar-refractivity contribution in [1.29, 1.82) is 0 Å². The van der Waals surface area contributed by atoms with Gasteiger partial charge in [-0.05, 0) is 24.7 Å². The predicted molar refractivity (Wildman–Crippen MR) is 75.0 cm³/mol. The van der Waals surface area contributed by atoms with Crippen molar-refractivity contribution >= 4 is 22.9 Å². The van der Waals surface area contributed by atoms with Crippen molar-refractivity contribution in [3.05, 3.63) is 0 Å². The molecule has 0 radical (unpaired) electrons. The zero-order chi connectivity index (χ0) is 13.7. The average Bonchev–Trinajstić information content (AvgIpc) is 3.02. The molecule has 1 aliphatic carbocycles. The molecule has 19 heavy (non-hydrogen) atoms. The predicted octanol–water partition coefficient (Wildman–Crippen LogP) is 1.07. The van der Waals surface area contributed by atoms with Crippen molar-refractivity contribution in [2.75, 3.05) is 32.0 Å². The van der Waals surface area contributed by atoms with Crippen LogP contribution in [0.15, 0.2) is 0 Å². The second-order valence-electron chi connectivity index (χ2n) is 5.29. The fraction of sp³-hybridized carbons (Fsp3) is 0.846. The van der Waals surface area contributed by atoms with Crippen molar-refractivity contribution in [2.24, 2.45) is 11.8 Å². The van der Waals surface area contributed by atoms with E-state index in [0.717, 1.165) is 31.6 Å². The highest BCUT2D eigenvalue weighted by Gasteiger charge is 2.27. The van der Waals surface area contributed by atoms with E-state index in [2.05, 4.69) is 5.32 Å². The average molecular weight is 286 g/mol. The van der Waals surface area contributed by atoms with E-state index in [1.54, 1.807) is 4.90 Å². The first-order valence-electron chi connectivity index (χ1n) is 7.00. The van der Waals surface area contributed by atoms with Gasteiger partial charge in [-0.2, -0.15) is 0 Å². The summed E-state index contributed by atoms with van der Waals surface area (Å²) in [7, 11) is 0. The van der Waals surface area contributed by atoms with Gasteiger partial charge in [-0.25, -0.2) is 0 Å². The van der Waals surface area contributed by atoms with Crippen molar-refractivity contribution in [3.63, 3.8) is 0 Å². The summed E-state index contributed by atoms with van der Waals surface area (Å²) < 4.78 is 0. The number of nitrogens with zero attached hydrogens (tertiary/aromatic N) is 1. The van der Waals surface area contributed by atoms with Gasteiger partial charge in [0.25, 0.3) is 5.24 Å². The molecule has 0 spiro atoms. The number of aliphatic hydroxyl groups excluding tert-OH is 1. The second kappa shape index (κ2) is 7.14. The highest BCUT2D eigenvalue weighted by atomic mass is 32.2. The molecule has 0 aromatic carbocycles. The normalized spacial score (nSPS) is 27.0. The molecule has 108 valence electrons. The van der Waals surface area contributed by atoms with Gasteiger partial charge in [-0.1, -0.05) is 18.2 Å². The molecule has 1 heterocycles. The molecule has 0 bridgehead atoms. The summed E-state index contributed by atoms with van der Waals surface area (Å²) in [6.45, 7) is 2.16. The van der Waals surface area contributed by atoms with E-state index in [4.69, 9.17) is 0 Å². The van der Waals surface area contributed by atoms with Gasteiger partial charge >= 0.3 is 0 Å². The third-order valence-electron chi connectivity index (χ3n) is 4.07. The van der Waals surface area contributed by atoms with Gasteiger partial charge in [0.15, 0.2) is 0 Å². The molecule has 2 N–H and O–H groups in total. The number of hydrogen-bond acceptors (Lipinski definition) is 4. The Kier molecular flexibility index (Phi) is 5.51. The lowest BCUT2D eigenvalue weighted by atomic mass is 9.97. The summed E-state index contributed by atoms with van der Waals surface area (Å²) in [5.74, 6) is 1.60. The number of thioether (sulfide) groups is 1. The van der Waals surface area contributed by atoms with E-state index in [1.165, 1.54) is 11.8 Å². The molecule has 2 amide bonds. The van der Waals surface area contributed by atoms with E-state index >= 15 is 0 Å².